The molecule has 2 heterocycles. The van der Waals surface area contributed by atoms with Gasteiger partial charge in [0.25, 0.3) is 0 Å². The summed E-state index contributed by atoms with van der Waals surface area (Å²) in [5.41, 5.74) is 4.24. The SMILES string of the molecule is N#CCc1c2ccccc2n2cnc3ccccc3c12. The van der Waals surface area contributed by atoms with Crippen LogP contribution in [0.1, 0.15) is 5.56 Å². The minimum atomic E-state index is 0.408. The molecule has 4 aromatic rings. The van der Waals surface area contributed by atoms with Crippen LogP contribution in [0.4, 0.5) is 0 Å². The Bertz CT molecular complexity index is 990. The topological polar surface area (TPSA) is 41.1 Å². The van der Waals surface area contributed by atoms with Crippen LogP contribution in [-0.2, 0) is 6.42 Å². The minimum absolute atomic E-state index is 0.408. The van der Waals surface area contributed by atoms with Gasteiger partial charge in [-0.2, -0.15) is 5.26 Å². The van der Waals surface area contributed by atoms with E-state index in [1.807, 2.05) is 36.7 Å². The third kappa shape index (κ3) is 1.36. The highest BCUT2D eigenvalue weighted by molar-refractivity contribution is 6.04. The van der Waals surface area contributed by atoms with E-state index >= 15 is 0 Å². The third-order valence-corrected chi connectivity index (χ3v) is 3.74. The molecule has 0 unspecified atom stereocenters. The zero-order valence-corrected chi connectivity index (χ0v) is 10.7. The average Bonchev–Trinajstić information content (AvgIpc) is 2.83. The van der Waals surface area contributed by atoms with Crippen LogP contribution in [0.25, 0.3) is 27.3 Å². The molecule has 0 aliphatic rings. The molecular formula is C17H11N3. The normalized spacial score (nSPS) is 11.2. The number of fused-ring (bicyclic) bond motifs is 5. The fourth-order valence-electron chi connectivity index (χ4n) is 2.91. The number of hydrogen-bond donors (Lipinski definition) is 0. The van der Waals surface area contributed by atoms with E-state index in [4.69, 9.17) is 5.26 Å². The van der Waals surface area contributed by atoms with Crippen molar-refractivity contribution in [3.63, 3.8) is 0 Å². The first-order chi connectivity index (χ1) is 9.90. The smallest absolute Gasteiger partial charge is 0.100 e. The van der Waals surface area contributed by atoms with E-state index < -0.39 is 0 Å². The van der Waals surface area contributed by atoms with Gasteiger partial charge in [-0.3, -0.25) is 4.40 Å². The maximum absolute atomic E-state index is 9.15. The van der Waals surface area contributed by atoms with Gasteiger partial charge >= 0.3 is 0 Å². The van der Waals surface area contributed by atoms with Crippen LogP contribution < -0.4 is 0 Å². The molecule has 0 radical (unpaired) electrons. The van der Waals surface area contributed by atoms with Crippen LogP contribution in [0.3, 0.4) is 0 Å². The van der Waals surface area contributed by atoms with Crippen LogP contribution in [0, 0.1) is 11.3 Å². The Morgan fingerprint density at radius 1 is 1.00 bits per heavy atom. The molecule has 0 bridgehead atoms. The molecule has 0 atom stereocenters. The Kier molecular flexibility index (Phi) is 2.24. The molecule has 0 spiro atoms. The van der Waals surface area contributed by atoms with Crippen LogP contribution in [0.2, 0.25) is 0 Å². The fourth-order valence-corrected chi connectivity index (χ4v) is 2.91. The summed E-state index contributed by atoms with van der Waals surface area (Å²) in [6, 6.07) is 18.5. The zero-order valence-electron chi connectivity index (χ0n) is 10.7. The largest absolute Gasteiger partial charge is 0.299 e. The number of nitrogens with zero attached hydrogens (tertiary/aromatic N) is 3. The van der Waals surface area contributed by atoms with Gasteiger partial charge in [0.05, 0.1) is 29.0 Å². The van der Waals surface area contributed by atoms with E-state index in [9.17, 15) is 0 Å². The number of nitriles is 1. The zero-order chi connectivity index (χ0) is 13.5. The Morgan fingerprint density at radius 2 is 1.75 bits per heavy atom. The molecule has 3 heteroatoms. The van der Waals surface area contributed by atoms with Crippen molar-refractivity contribution in [2.45, 2.75) is 6.42 Å². The summed E-state index contributed by atoms with van der Waals surface area (Å²) >= 11 is 0. The predicted octanol–water partition coefficient (Wildman–Crippen LogP) is 3.71. The summed E-state index contributed by atoms with van der Waals surface area (Å²) in [6.07, 6.45) is 2.26. The van der Waals surface area contributed by atoms with Crippen molar-refractivity contribution in [2.24, 2.45) is 0 Å². The van der Waals surface area contributed by atoms with E-state index in [-0.39, 0.29) is 0 Å². The van der Waals surface area contributed by atoms with Crippen molar-refractivity contribution in [3.8, 4) is 6.07 Å². The maximum Gasteiger partial charge on any atom is 0.100 e. The monoisotopic (exact) mass is 257 g/mol. The van der Waals surface area contributed by atoms with Gasteiger partial charge in [-0.25, -0.2) is 4.98 Å². The highest BCUT2D eigenvalue weighted by Crippen LogP contribution is 2.31. The quantitative estimate of drug-likeness (QED) is 0.521. The molecule has 0 saturated carbocycles. The van der Waals surface area contributed by atoms with Gasteiger partial charge in [0, 0.05) is 16.3 Å². The molecule has 0 fully saturated rings. The first-order valence-electron chi connectivity index (χ1n) is 6.52. The molecule has 0 saturated heterocycles. The van der Waals surface area contributed by atoms with Crippen molar-refractivity contribution in [1.29, 1.82) is 5.26 Å². The van der Waals surface area contributed by atoms with Crippen molar-refractivity contribution in [2.75, 3.05) is 0 Å². The second-order valence-electron chi connectivity index (χ2n) is 4.81. The van der Waals surface area contributed by atoms with Gasteiger partial charge in [-0.05, 0) is 12.1 Å². The third-order valence-electron chi connectivity index (χ3n) is 3.74. The van der Waals surface area contributed by atoms with Gasteiger partial charge in [0.1, 0.15) is 6.33 Å². The minimum Gasteiger partial charge on any atom is -0.299 e. The molecule has 0 aliphatic carbocycles. The highest BCUT2D eigenvalue weighted by atomic mass is 15.0. The molecule has 3 nitrogen and oxygen atoms in total. The van der Waals surface area contributed by atoms with Crippen LogP contribution in [-0.4, -0.2) is 9.38 Å². The van der Waals surface area contributed by atoms with Crippen LogP contribution in [0.15, 0.2) is 54.9 Å². The molecular weight excluding hydrogens is 246 g/mol. The summed E-state index contributed by atoms with van der Waals surface area (Å²) in [4.78, 5) is 4.51. The second-order valence-corrected chi connectivity index (χ2v) is 4.81. The van der Waals surface area contributed by atoms with Gasteiger partial charge in [0.15, 0.2) is 0 Å². The lowest BCUT2D eigenvalue weighted by molar-refractivity contribution is 1.16. The number of para-hydroxylation sites is 2. The lowest BCUT2D eigenvalue weighted by Gasteiger charge is -2.02. The van der Waals surface area contributed by atoms with Gasteiger partial charge < -0.3 is 0 Å². The van der Waals surface area contributed by atoms with E-state index in [0.717, 1.165) is 32.9 Å². The lowest BCUT2D eigenvalue weighted by atomic mass is 10.1. The standard InChI is InChI=1S/C17H11N3/c18-10-9-13-12-5-2-4-8-16(12)20-11-19-15-7-3-1-6-14(15)17(13)20/h1-8,11H,9H2. The van der Waals surface area contributed by atoms with Crippen LogP contribution in [0.5, 0.6) is 0 Å². The summed E-state index contributed by atoms with van der Waals surface area (Å²) in [5, 5.41) is 11.4. The Hall–Kier alpha value is -2.86. The van der Waals surface area contributed by atoms with E-state index in [0.29, 0.717) is 6.42 Å². The van der Waals surface area contributed by atoms with Gasteiger partial charge in [-0.15, -0.1) is 0 Å². The number of aromatic nitrogens is 2. The lowest BCUT2D eigenvalue weighted by Crippen LogP contribution is -1.90. The Labute approximate surface area is 115 Å². The van der Waals surface area contributed by atoms with Crippen molar-refractivity contribution in [1.82, 2.24) is 9.38 Å². The highest BCUT2D eigenvalue weighted by Gasteiger charge is 2.13. The van der Waals surface area contributed by atoms with E-state index in [1.165, 1.54) is 0 Å². The fraction of sp³-hybridized carbons (Fsp3) is 0.0588. The first-order valence-corrected chi connectivity index (χ1v) is 6.52. The summed E-state index contributed by atoms with van der Waals surface area (Å²) < 4.78 is 2.09. The van der Waals surface area contributed by atoms with Crippen molar-refractivity contribution < 1.29 is 0 Å². The molecule has 0 amide bonds. The van der Waals surface area contributed by atoms with E-state index in [2.05, 4.69) is 33.7 Å². The summed E-state index contributed by atoms with van der Waals surface area (Å²) in [5.74, 6) is 0. The maximum atomic E-state index is 9.15. The molecule has 2 aromatic heterocycles. The van der Waals surface area contributed by atoms with Crippen molar-refractivity contribution in [3.05, 3.63) is 60.4 Å². The van der Waals surface area contributed by atoms with Gasteiger partial charge in [-0.1, -0.05) is 36.4 Å². The average molecular weight is 257 g/mol. The molecule has 4 rings (SSSR count). The first kappa shape index (κ1) is 11.0. The van der Waals surface area contributed by atoms with Crippen LogP contribution >= 0.6 is 0 Å². The summed E-state index contributed by atoms with van der Waals surface area (Å²) in [6.45, 7) is 0. The summed E-state index contributed by atoms with van der Waals surface area (Å²) in [7, 11) is 0. The number of benzene rings is 2. The second kappa shape index (κ2) is 4.07. The molecule has 94 valence electrons. The molecule has 2 aromatic carbocycles. The van der Waals surface area contributed by atoms with Crippen molar-refractivity contribution >= 4 is 27.3 Å². The van der Waals surface area contributed by atoms with Gasteiger partial charge in [0.2, 0.25) is 0 Å². The number of rotatable bonds is 1. The Morgan fingerprint density at radius 3 is 2.60 bits per heavy atom. The Balaban J connectivity index is 2.33. The number of hydrogen-bond acceptors (Lipinski definition) is 2. The predicted molar refractivity (Wildman–Crippen MR) is 79.5 cm³/mol. The molecule has 0 N–H and O–H groups in total. The van der Waals surface area contributed by atoms with E-state index in [1.54, 1.807) is 0 Å². The molecule has 0 aliphatic heterocycles. The molecule has 20 heavy (non-hydrogen) atoms.